The minimum absolute atomic E-state index is 0.263. The summed E-state index contributed by atoms with van der Waals surface area (Å²) in [7, 11) is 0. The van der Waals surface area contributed by atoms with E-state index in [0.717, 1.165) is 18.7 Å². The van der Waals surface area contributed by atoms with Crippen molar-refractivity contribution >= 4 is 23.0 Å². The van der Waals surface area contributed by atoms with Crippen molar-refractivity contribution in [1.29, 1.82) is 0 Å². The molecule has 1 unspecified atom stereocenters. The van der Waals surface area contributed by atoms with Crippen LogP contribution in [0.15, 0.2) is 18.2 Å². The first-order valence-corrected chi connectivity index (χ1v) is 5.68. The van der Waals surface area contributed by atoms with Gasteiger partial charge in [0.15, 0.2) is 0 Å². The van der Waals surface area contributed by atoms with E-state index >= 15 is 0 Å². The molecule has 0 aromatic heterocycles. The lowest BCUT2D eigenvalue weighted by Gasteiger charge is -2.11. The molecule has 3 N–H and O–H groups in total. The Morgan fingerprint density at radius 2 is 2.40 bits per heavy atom. The SMILES string of the molecule is OC(CCl)CNc1ccc2c(c1)CCN2. The second-order valence-electron chi connectivity index (χ2n) is 3.74. The van der Waals surface area contributed by atoms with Crippen LogP contribution in [0.25, 0.3) is 0 Å². The van der Waals surface area contributed by atoms with Gasteiger partial charge in [0.1, 0.15) is 0 Å². The summed E-state index contributed by atoms with van der Waals surface area (Å²) in [6.45, 7) is 1.51. The fourth-order valence-electron chi connectivity index (χ4n) is 1.71. The van der Waals surface area contributed by atoms with E-state index in [1.165, 1.54) is 11.3 Å². The molecule has 1 aliphatic rings. The number of anilines is 2. The summed E-state index contributed by atoms with van der Waals surface area (Å²) in [6.07, 6.45) is 0.584. The van der Waals surface area contributed by atoms with E-state index in [9.17, 15) is 5.11 Å². The molecule has 82 valence electrons. The van der Waals surface area contributed by atoms with E-state index in [-0.39, 0.29) is 5.88 Å². The van der Waals surface area contributed by atoms with Crippen molar-refractivity contribution in [3.63, 3.8) is 0 Å². The van der Waals surface area contributed by atoms with Crippen LogP contribution in [0.5, 0.6) is 0 Å². The molecule has 0 saturated carbocycles. The Kier molecular flexibility index (Phi) is 3.34. The van der Waals surface area contributed by atoms with Crippen LogP contribution in [0.4, 0.5) is 11.4 Å². The van der Waals surface area contributed by atoms with Crippen molar-refractivity contribution in [2.75, 3.05) is 29.6 Å². The zero-order chi connectivity index (χ0) is 10.7. The first-order valence-electron chi connectivity index (χ1n) is 5.14. The van der Waals surface area contributed by atoms with Crippen molar-refractivity contribution in [3.05, 3.63) is 23.8 Å². The van der Waals surface area contributed by atoms with Crippen LogP contribution in [-0.4, -0.2) is 30.2 Å². The lowest BCUT2D eigenvalue weighted by molar-refractivity contribution is 0.211. The molecule has 1 aromatic carbocycles. The molecule has 0 amide bonds. The number of alkyl halides is 1. The highest BCUT2D eigenvalue weighted by Gasteiger charge is 2.10. The molecular formula is C11H15ClN2O. The molecule has 1 aliphatic heterocycles. The molecule has 1 heterocycles. The van der Waals surface area contributed by atoms with E-state index in [1.807, 2.05) is 6.07 Å². The summed E-state index contributed by atoms with van der Waals surface area (Å²) >= 11 is 5.51. The van der Waals surface area contributed by atoms with E-state index in [2.05, 4.69) is 22.8 Å². The topological polar surface area (TPSA) is 44.3 Å². The minimum atomic E-state index is -0.488. The standard InChI is InChI=1S/C11H15ClN2O/c12-6-10(15)7-14-9-1-2-11-8(5-9)3-4-13-11/h1-2,5,10,13-15H,3-4,6-7H2. The lowest BCUT2D eigenvalue weighted by Crippen LogP contribution is -2.20. The normalized spacial score (nSPS) is 15.6. The molecule has 2 rings (SSSR count). The third-order valence-corrected chi connectivity index (χ3v) is 2.89. The van der Waals surface area contributed by atoms with Gasteiger partial charge in [0.25, 0.3) is 0 Å². The molecule has 15 heavy (non-hydrogen) atoms. The summed E-state index contributed by atoms with van der Waals surface area (Å²) in [5.41, 5.74) is 3.60. The Hall–Kier alpha value is -0.930. The summed E-state index contributed by atoms with van der Waals surface area (Å²) in [5.74, 6) is 0.263. The van der Waals surface area contributed by atoms with Gasteiger partial charge in [-0.05, 0) is 30.2 Å². The number of halogens is 1. The Bertz CT molecular complexity index is 343. The van der Waals surface area contributed by atoms with Crippen molar-refractivity contribution in [3.8, 4) is 0 Å². The predicted molar refractivity (Wildman–Crippen MR) is 63.9 cm³/mol. The number of hydrogen-bond donors (Lipinski definition) is 3. The molecule has 0 aliphatic carbocycles. The minimum Gasteiger partial charge on any atom is -0.390 e. The highest BCUT2D eigenvalue weighted by atomic mass is 35.5. The Morgan fingerprint density at radius 1 is 1.53 bits per heavy atom. The summed E-state index contributed by atoms with van der Waals surface area (Å²) in [5, 5.41) is 15.8. The highest BCUT2D eigenvalue weighted by molar-refractivity contribution is 6.18. The molecule has 0 spiro atoms. The molecular weight excluding hydrogens is 212 g/mol. The molecule has 1 aromatic rings. The highest BCUT2D eigenvalue weighted by Crippen LogP contribution is 2.25. The number of rotatable bonds is 4. The quantitative estimate of drug-likeness (QED) is 0.685. The third kappa shape index (κ3) is 2.55. The predicted octanol–water partition coefficient (Wildman–Crippen LogP) is 1.67. The van der Waals surface area contributed by atoms with Crippen molar-refractivity contribution < 1.29 is 5.11 Å². The number of aliphatic hydroxyl groups is 1. The van der Waals surface area contributed by atoms with Gasteiger partial charge in [0.05, 0.1) is 12.0 Å². The Labute approximate surface area is 94.4 Å². The van der Waals surface area contributed by atoms with Crippen LogP contribution < -0.4 is 10.6 Å². The largest absolute Gasteiger partial charge is 0.390 e. The van der Waals surface area contributed by atoms with E-state index in [0.29, 0.717) is 6.54 Å². The monoisotopic (exact) mass is 226 g/mol. The Morgan fingerprint density at radius 3 is 3.20 bits per heavy atom. The summed E-state index contributed by atoms with van der Waals surface area (Å²) in [6, 6.07) is 6.20. The van der Waals surface area contributed by atoms with E-state index < -0.39 is 6.10 Å². The maximum absolute atomic E-state index is 9.31. The van der Waals surface area contributed by atoms with Gasteiger partial charge in [-0.25, -0.2) is 0 Å². The first kappa shape index (κ1) is 10.6. The maximum atomic E-state index is 9.31. The molecule has 0 fully saturated rings. The van der Waals surface area contributed by atoms with Crippen LogP contribution in [-0.2, 0) is 6.42 Å². The smallest absolute Gasteiger partial charge is 0.0847 e. The maximum Gasteiger partial charge on any atom is 0.0847 e. The van der Waals surface area contributed by atoms with Crippen molar-refractivity contribution in [2.24, 2.45) is 0 Å². The number of aliphatic hydroxyl groups excluding tert-OH is 1. The van der Waals surface area contributed by atoms with Gasteiger partial charge in [0.2, 0.25) is 0 Å². The van der Waals surface area contributed by atoms with E-state index in [4.69, 9.17) is 11.6 Å². The van der Waals surface area contributed by atoms with Crippen molar-refractivity contribution in [2.45, 2.75) is 12.5 Å². The van der Waals surface area contributed by atoms with Gasteiger partial charge >= 0.3 is 0 Å². The number of hydrogen-bond acceptors (Lipinski definition) is 3. The molecule has 1 atom stereocenters. The second kappa shape index (κ2) is 4.73. The molecule has 0 saturated heterocycles. The van der Waals surface area contributed by atoms with Crippen LogP contribution in [0.1, 0.15) is 5.56 Å². The molecule has 0 bridgehead atoms. The number of fused-ring (bicyclic) bond motifs is 1. The van der Waals surface area contributed by atoms with Crippen LogP contribution >= 0.6 is 11.6 Å². The van der Waals surface area contributed by atoms with Gasteiger partial charge < -0.3 is 15.7 Å². The fourth-order valence-corrected chi connectivity index (χ4v) is 1.81. The summed E-state index contributed by atoms with van der Waals surface area (Å²) < 4.78 is 0. The number of nitrogens with one attached hydrogen (secondary N) is 2. The van der Waals surface area contributed by atoms with Gasteiger partial charge in [0, 0.05) is 24.5 Å². The van der Waals surface area contributed by atoms with Gasteiger partial charge in [-0.3, -0.25) is 0 Å². The van der Waals surface area contributed by atoms with Crippen LogP contribution in [0, 0.1) is 0 Å². The average Bonchev–Trinajstić information content (AvgIpc) is 2.72. The molecule has 3 nitrogen and oxygen atoms in total. The van der Waals surface area contributed by atoms with Crippen LogP contribution in [0.2, 0.25) is 0 Å². The second-order valence-corrected chi connectivity index (χ2v) is 4.05. The number of benzene rings is 1. The third-order valence-electron chi connectivity index (χ3n) is 2.53. The average molecular weight is 227 g/mol. The lowest BCUT2D eigenvalue weighted by atomic mass is 10.1. The van der Waals surface area contributed by atoms with Gasteiger partial charge in [-0.15, -0.1) is 11.6 Å². The summed E-state index contributed by atoms with van der Waals surface area (Å²) in [4.78, 5) is 0. The van der Waals surface area contributed by atoms with E-state index in [1.54, 1.807) is 0 Å². The fraction of sp³-hybridized carbons (Fsp3) is 0.455. The molecule has 4 heteroatoms. The zero-order valence-electron chi connectivity index (χ0n) is 8.46. The zero-order valence-corrected chi connectivity index (χ0v) is 9.22. The van der Waals surface area contributed by atoms with Gasteiger partial charge in [-0.2, -0.15) is 0 Å². The first-order chi connectivity index (χ1) is 7.29. The molecule has 0 radical (unpaired) electrons. The van der Waals surface area contributed by atoms with Gasteiger partial charge in [-0.1, -0.05) is 0 Å². The Balaban J connectivity index is 1.98. The van der Waals surface area contributed by atoms with Crippen LogP contribution in [0.3, 0.4) is 0 Å². The van der Waals surface area contributed by atoms with Crippen molar-refractivity contribution in [1.82, 2.24) is 0 Å².